The summed E-state index contributed by atoms with van der Waals surface area (Å²) in [6.07, 6.45) is 0. The van der Waals surface area contributed by atoms with Crippen molar-refractivity contribution in [3.8, 4) is 0 Å². The molecule has 102 valence electrons. The summed E-state index contributed by atoms with van der Waals surface area (Å²) in [5.41, 5.74) is 0.692. The van der Waals surface area contributed by atoms with Gasteiger partial charge >= 0.3 is 0 Å². The Morgan fingerprint density at radius 1 is 1.28 bits per heavy atom. The van der Waals surface area contributed by atoms with Crippen molar-refractivity contribution in [3.05, 3.63) is 29.8 Å². The summed E-state index contributed by atoms with van der Waals surface area (Å²) in [6.45, 7) is 2.13. The Hall–Kier alpha value is -0.950. The number of hydrogen-bond acceptors (Lipinski definition) is 4. The van der Waals surface area contributed by atoms with Crippen LogP contribution in [0, 0.1) is 6.92 Å². The molecule has 0 radical (unpaired) electrons. The van der Waals surface area contributed by atoms with Crippen LogP contribution in [-0.4, -0.2) is 51.2 Å². The zero-order chi connectivity index (χ0) is 13.6. The predicted octanol–water partition coefficient (Wildman–Crippen LogP) is 0.624. The van der Waals surface area contributed by atoms with E-state index in [4.69, 9.17) is 9.84 Å². The van der Waals surface area contributed by atoms with E-state index < -0.39 is 10.0 Å². The van der Waals surface area contributed by atoms with Crippen molar-refractivity contribution in [2.75, 3.05) is 33.4 Å². The van der Waals surface area contributed by atoms with Crippen LogP contribution in [0.5, 0.6) is 0 Å². The molecule has 0 aromatic heterocycles. The van der Waals surface area contributed by atoms with E-state index in [-0.39, 0.29) is 24.6 Å². The van der Waals surface area contributed by atoms with Crippen molar-refractivity contribution in [3.63, 3.8) is 0 Å². The zero-order valence-electron chi connectivity index (χ0n) is 10.7. The van der Waals surface area contributed by atoms with Crippen molar-refractivity contribution in [2.24, 2.45) is 0 Å². The van der Waals surface area contributed by atoms with E-state index in [1.807, 2.05) is 0 Å². The molecule has 0 bridgehead atoms. The molecule has 0 aliphatic carbocycles. The first-order chi connectivity index (χ1) is 8.54. The van der Waals surface area contributed by atoms with Gasteiger partial charge in [-0.1, -0.05) is 18.2 Å². The summed E-state index contributed by atoms with van der Waals surface area (Å²) >= 11 is 0. The van der Waals surface area contributed by atoms with E-state index in [2.05, 4.69) is 0 Å². The molecule has 0 saturated heterocycles. The number of hydrogen-bond donors (Lipinski definition) is 1. The van der Waals surface area contributed by atoms with Crippen LogP contribution in [-0.2, 0) is 14.8 Å². The SMILES string of the molecule is COCCN(CCO)S(=O)(=O)c1ccccc1C. The average Bonchev–Trinajstić information content (AvgIpc) is 2.34. The number of aryl methyl sites for hydroxylation is 1. The summed E-state index contributed by atoms with van der Waals surface area (Å²) in [7, 11) is -2.06. The van der Waals surface area contributed by atoms with Gasteiger partial charge in [-0.25, -0.2) is 8.42 Å². The fraction of sp³-hybridized carbons (Fsp3) is 0.500. The Labute approximate surface area is 108 Å². The van der Waals surface area contributed by atoms with E-state index in [0.29, 0.717) is 12.2 Å². The lowest BCUT2D eigenvalue weighted by atomic mass is 10.2. The highest BCUT2D eigenvalue weighted by molar-refractivity contribution is 7.89. The quantitative estimate of drug-likeness (QED) is 0.791. The van der Waals surface area contributed by atoms with Gasteiger partial charge in [-0.15, -0.1) is 0 Å². The van der Waals surface area contributed by atoms with Gasteiger partial charge in [0.1, 0.15) is 0 Å². The monoisotopic (exact) mass is 273 g/mol. The minimum atomic E-state index is -3.57. The minimum Gasteiger partial charge on any atom is -0.395 e. The molecular weight excluding hydrogens is 254 g/mol. The molecule has 1 rings (SSSR count). The summed E-state index contributed by atoms with van der Waals surface area (Å²) in [5.74, 6) is 0. The second-order valence-electron chi connectivity index (χ2n) is 3.89. The molecule has 5 nitrogen and oxygen atoms in total. The van der Waals surface area contributed by atoms with Gasteiger partial charge in [0.25, 0.3) is 0 Å². The van der Waals surface area contributed by atoms with Gasteiger partial charge in [0.2, 0.25) is 10.0 Å². The normalized spacial score (nSPS) is 12.0. The lowest BCUT2D eigenvalue weighted by Crippen LogP contribution is -2.36. The van der Waals surface area contributed by atoms with Crippen LogP contribution in [0.15, 0.2) is 29.2 Å². The van der Waals surface area contributed by atoms with Crippen LogP contribution in [0.3, 0.4) is 0 Å². The van der Waals surface area contributed by atoms with Crippen LogP contribution < -0.4 is 0 Å². The Morgan fingerprint density at radius 2 is 1.94 bits per heavy atom. The summed E-state index contributed by atoms with van der Waals surface area (Å²) in [5, 5.41) is 8.97. The van der Waals surface area contributed by atoms with Crippen molar-refractivity contribution in [2.45, 2.75) is 11.8 Å². The molecule has 1 aromatic rings. The second-order valence-corrected chi connectivity index (χ2v) is 5.79. The van der Waals surface area contributed by atoms with Crippen molar-refractivity contribution < 1.29 is 18.3 Å². The van der Waals surface area contributed by atoms with Gasteiger partial charge in [-0.2, -0.15) is 4.31 Å². The zero-order valence-corrected chi connectivity index (χ0v) is 11.5. The van der Waals surface area contributed by atoms with Crippen LogP contribution in [0.2, 0.25) is 0 Å². The molecule has 18 heavy (non-hydrogen) atoms. The first-order valence-electron chi connectivity index (χ1n) is 5.69. The molecule has 0 atom stereocenters. The first-order valence-corrected chi connectivity index (χ1v) is 7.13. The molecule has 6 heteroatoms. The molecule has 0 spiro atoms. The molecule has 0 unspecified atom stereocenters. The summed E-state index contributed by atoms with van der Waals surface area (Å²) in [6, 6.07) is 6.80. The molecule has 1 N–H and O–H groups in total. The average molecular weight is 273 g/mol. The molecule has 0 heterocycles. The predicted molar refractivity (Wildman–Crippen MR) is 68.9 cm³/mol. The van der Waals surface area contributed by atoms with Gasteiger partial charge in [0, 0.05) is 20.2 Å². The number of rotatable bonds is 7. The van der Waals surface area contributed by atoms with Crippen LogP contribution in [0.25, 0.3) is 0 Å². The molecule has 0 fully saturated rings. The van der Waals surface area contributed by atoms with E-state index in [9.17, 15) is 8.42 Å². The second kappa shape index (κ2) is 6.84. The number of ether oxygens (including phenoxy) is 1. The lowest BCUT2D eigenvalue weighted by molar-refractivity contribution is 0.168. The van der Waals surface area contributed by atoms with Gasteiger partial charge in [-0.3, -0.25) is 0 Å². The van der Waals surface area contributed by atoms with E-state index >= 15 is 0 Å². The third-order valence-corrected chi connectivity index (χ3v) is 4.66. The largest absolute Gasteiger partial charge is 0.395 e. The smallest absolute Gasteiger partial charge is 0.243 e. The molecule has 0 saturated carbocycles. The van der Waals surface area contributed by atoms with Gasteiger partial charge in [0.15, 0.2) is 0 Å². The number of methoxy groups -OCH3 is 1. The Kier molecular flexibility index (Phi) is 5.74. The Bertz CT molecular complexity index is 473. The van der Waals surface area contributed by atoms with E-state index in [1.165, 1.54) is 11.4 Å². The fourth-order valence-electron chi connectivity index (χ4n) is 1.64. The number of sulfonamides is 1. The highest BCUT2D eigenvalue weighted by atomic mass is 32.2. The fourth-order valence-corrected chi connectivity index (χ4v) is 3.28. The molecular formula is C12H19NO4S. The topological polar surface area (TPSA) is 66.8 Å². The molecule has 1 aromatic carbocycles. The highest BCUT2D eigenvalue weighted by Gasteiger charge is 2.24. The maximum absolute atomic E-state index is 12.4. The van der Waals surface area contributed by atoms with Crippen molar-refractivity contribution >= 4 is 10.0 Å². The highest BCUT2D eigenvalue weighted by Crippen LogP contribution is 2.19. The Morgan fingerprint density at radius 3 is 2.50 bits per heavy atom. The third kappa shape index (κ3) is 3.52. The standard InChI is InChI=1S/C12H19NO4S/c1-11-5-3-4-6-12(11)18(15,16)13(7-9-14)8-10-17-2/h3-6,14H,7-10H2,1-2H3. The number of aliphatic hydroxyl groups excluding tert-OH is 1. The van der Waals surface area contributed by atoms with Crippen LogP contribution in [0.4, 0.5) is 0 Å². The summed E-state index contributed by atoms with van der Waals surface area (Å²) < 4.78 is 30.9. The number of aliphatic hydroxyl groups is 1. The van der Waals surface area contributed by atoms with Crippen molar-refractivity contribution in [1.29, 1.82) is 0 Å². The van der Waals surface area contributed by atoms with Crippen molar-refractivity contribution in [1.82, 2.24) is 4.31 Å². The maximum Gasteiger partial charge on any atom is 0.243 e. The molecule has 0 amide bonds. The van der Waals surface area contributed by atoms with Crippen LogP contribution >= 0.6 is 0 Å². The maximum atomic E-state index is 12.4. The Balaban J connectivity index is 3.05. The third-order valence-electron chi connectivity index (χ3n) is 2.61. The van der Waals surface area contributed by atoms with Gasteiger partial charge in [0.05, 0.1) is 18.1 Å². The molecule has 0 aliphatic heterocycles. The van der Waals surface area contributed by atoms with E-state index in [0.717, 1.165) is 0 Å². The van der Waals surface area contributed by atoms with Gasteiger partial charge in [-0.05, 0) is 18.6 Å². The van der Waals surface area contributed by atoms with Gasteiger partial charge < -0.3 is 9.84 Å². The molecule has 0 aliphatic rings. The number of nitrogens with zero attached hydrogens (tertiary/aromatic N) is 1. The lowest BCUT2D eigenvalue weighted by Gasteiger charge is -2.21. The minimum absolute atomic E-state index is 0.0695. The van der Waals surface area contributed by atoms with Crippen LogP contribution in [0.1, 0.15) is 5.56 Å². The van der Waals surface area contributed by atoms with E-state index in [1.54, 1.807) is 31.2 Å². The summed E-state index contributed by atoms with van der Waals surface area (Å²) in [4.78, 5) is 0.273. The number of benzene rings is 1. The first kappa shape index (κ1) is 15.1.